The Balaban J connectivity index is 1.35. The van der Waals surface area contributed by atoms with Gasteiger partial charge in [0.25, 0.3) is 0 Å². The Hall–Kier alpha value is -2.40. The predicted molar refractivity (Wildman–Crippen MR) is 98.4 cm³/mol. The highest BCUT2D eigenvalue weighted by Crippen LogP contribution is 2.28. The third kappa shape index (κ3) is 3.44. The van der Waals surface area contributed by atoms with Gasteiger partial charge in [0, 0.05) is 36.9 Å². The Bertz CT molecular complexity index is 814. The number of thiophene rings is 1. The van der Waals surface area contributed by atoms with Crippen molar-refractivity contribution in [2.24, 2.45) is 5.92 Å². The number of fused-ring (bicyclic) bond motifs is 1. The molecule has 3 atom stereocenters. The van der Waals surface area contributed by atoms with Gasteiger partial charge in [-0.05, 0) is 42.7 Å². The van der Waals surface area contributed by atoms with Crippen LogP contribution in [0, 0.1) is 17.2 Å². The molecule has 2 saturated heterocycles. The van der Waals surface area contributed by atoms with Crippen molar-refractivity contribution in [3.05, 3.63) is 21.9 Å². The molecule has 7 nitrogen and oxygen atoms in total. The summed E-state index contributed by atoms with van der Waals surface area (Å²) in [7, 11) is 0. The second kappa shape index (κ2) is 7.31. The summed E-state index contributed by atoms with van der Waals surface area (Å²) in [4.78, 5) is 42.4. The number of nitrogens with one attached hydrogen (secondary N) is 1. The van der Waals surface area contributed by atoms with E-state index in [2.05, 4.69) is 17.5 Å². The second-order valence-corrected chi connectivity index (χ2v) is 8.45. The molecule has 3 aliphatic rings. The topological polar surface area (TPSA) is 93.5 Å². The fraction of sp³-hybridized carbons (Fsp3) is 0.579. The van der Waals surface area contributed by atoms with Gasteiger partial charge in [-0.2, -0.15) is 5.26 Å². The highest BCUT2D eigenvalue weighted by Gasteiger charge is 2.42. The van der Waals surface area contributed by atoms with Crippen molar-refractivity contribution >= 4 is 29.1 Å². The smallest absolute Gasteiger partial charge is 0.246 e. The van der Waals surface area contributed by atoms with Crippen LogP contribution in [0.2, 0.25) is 0 Å². The Kier molecular flexibility index (Phi) is 4.87. The van der Waals surface area contributed by atoms with Gasteiger partial charge in [-0.25, -0.2) is 0 Å². The van der Waals surface area contributed by atoms with E-state index in [1.54, 1.807) is 16.2 Å². The normalized spacial score (nSPS) is 27.2. The van der Waals surface area contributed by atoms with Crippen LogP contribution < -0.4 is 5.32 Å². The average Bonchev–Trinajstić information content (AvgIpc) is 3.40. The van der Waals surface area contributed by atoms with E-state index < -0.39 is 18.0 Å². The number of nitriles is 1. The van der Waals surface area contributed by atoms with Gasteiger partial charge in [0.1, 0.15) is 12.1 Å². The van der Waals surface area contributed by atoms with Gasteiger partial charge in [-0.1, -0.05) is 0 Å². The summed E-state index contributed by atoms with van der Waals surface area (Å²) in [5.41, 5.74) is 1.19. The minimum absolute atomic E-state index is 0.0313. The van der Waals surface area contributed by atoms with Crippen molar-refractivity contribution in [3.63, 3.8) is 0 Å². The molecule has 0 bridgehead atoms. The number of nitrogens with zero attached hydrogens (tertiary/aromatic N) is 3. The number of likely N-dealkylation sites (tertiary alicyclic amines) is 1. The van der Waals surface area contributed by atoms with E-state index in [1.807, 2.05) is 10.3 Å². The van der Waals surface area contributed by atoms with Crippen LogP contribution in [0.5, 0.6) is 0 Å². The number of carbonyl (C=O) groups excluding carboxylic acids is 3. The van der Waals surface area contributed by atoms with Crippen LogP contribution in [0.25, 0.3) is 0 Å². The van der Waals surface area contributed by atoms with E-state index in [1.165, 1.54) is 10.4 Å². The standard InChI is InChI=1S/C19H22N4O3S/c20-10-14-2-1-5-23(14)19(26)15-8-13(18(25)21-15)9-17(24)22-6-3-16-12(11-22)4-7-27-16/h4,7,13-15H,1-3,5-6,8-9,11H2,(H,21,25)/t13-,14-,15-/m0/s1. The van der Waals surface area contributed by atoms with Gasteiger partial charge < -0.3 is 15.1 Å². The number of amides is 3. The number of rotatable bonds is 3. The molecule has 3 aliphatic heterocycles. The third-order valence-corrected chi connectivity index (χ3v) is 6.79. The lowest BCUT2D eigenvalue weighted by Crippen LogP contribution is -2.46. The summed E-state index contributed by atoms with van der Waals surface area (Å²) < 4.78 is 0. The Morgan fingerprint density at radius 3 is 3.04 bits per heavy atom. The predicted octanol–water partition coefficient (Wildman–Crippen LogP) is 1.04. The molecule has 8 heteroatoms. The fourth-order valence-electron chi connectivity index (χ4n) is 4.24. The molecule has 0 spiro atoms. The first-order valence-electron chi connectivity index (χ1n) is 9.40. The van der Waals surface area contributed by atoms with Crippen LogP contribution >= 0.6 is 11.3 Å². The molecule has 0 radical (unpaired) electrons. The molecule has 142 valence electrons. The first-order chi connectivity index (χ1) is 13.1. The van der Waals surface area contributed by atoms with Crippen molar-refractivity contribution in [3.8, 4) is 6.07 Å². The van der Waals surface area contributed by atoms with Gasteiger partial charge >= 0.3 is 0 Å². The molecule has 0 unspecified atom stereocenters. The van der Waals surface area contributed by atoms with Crippen LogP contribution in [0.15, 0.2) is 11.4 Å². The van der Waals surface area contributed by atoms with Gasteiger partial charge in [-0.15, -0.1) is 11.3 Å². The summed E-state index contributed by atoms with van der Waals surface area (Å²) in [6, 6.07) is 3.19. The van der Waals surface area contributed by atoms with Crippen molar-refractivity contribution in [2.45, 2.75) is 50.7 Å². The van der Waals surface area contributed by atoms with Crippen molar-refractivity contribution in [1.29, 1.82) is 5.26 Å². The van der Waals surface area contributed by atoms with Crippen molar-refractivity contribution < 1.29 is 14.4 Å². The third-order valence-electron chi connectivity index (χ3n) is 5.77. The first kappa shape index (κ1) is 18.0. The monoisotopic (exact) mass is 386 g/mol. The molecule has 2 fully saturated rings. The zero-order valence-corrected chi connectivity index (χ0v) is 15.8. The minimum atomic E-state index is -0.617. The Morgan fingerprint density at radius 2 is 2.22 bits per heavy atom. The maximum atomic E-state index is 12.7. The maximum absolute atomic E-state index is 12.7. The van der Waals surface area contributed by atoms with E-state index in [-0.39, 0.29) is 24.1 Å². The highest BCUT2D eigenvalue weighted by molar-refractivity contribution is 7.10. The largest absolute Gasteiger partial charge is 0.344 e. The lowest BCUT2D eigenvalue weighted by Gasteiger charge is -2.27. The molecule has 0 saturated carbocycles. The summed E-state index contributed by atoms with van der Waals surface area (Å²) in [5, 5.41) is 14.0. The maximum Gasteiger partial charge on any atom is 0.246 e. The van der Waals surface area contributed by atoms with Crippen molar-refractivity contribution in [2.75, 3.05) is 13.1 Å². The molecule has 1 aromatic heterocycles. The molecular formula is C19H22N4O3S. The zero-order chi connectivity index (χ0) is 19.0. The SMILES string of the molecule is N#C[C@@H]1CCCN1C(=O)[C@@H]1C[C@@H](CC(=O)N2CCc3sccc3C2)C(=O)N1. The second-order valence-electron chi connectivity index (χ2n) is 7.45. The molecule has 4 heterocycles. The lowest BCUT2D eigenvalue weighted by molar-refractivity contribution is -0.136. The number of carbonyl (C=O) groups is 3. The van der Waals surface area contributed by atoms with Crippen LogP contribution in [0.1, 0.15) is 36.1 Å². The summed E-state index contributed by atoms with van der Waals surface area (Å²) >= 11 is 1.72. The summed E-state index contributed by atoms with van der Waals surface area (Å²) in [5.74, 6) is -0.930. The summed E-state index contributed by atoms with van der Waals surface area (Å²) in [6.07, 6.45) is 2.82. The minimum Gasteiger partial charge on any atom is -0.344 e. The molecule has 4 rings (SSSR count). The van der Waals surface area contributed by atoms with Crippen LogP contribution in [-0.2, 0) is 27.3 Å². The van der Waals surface area contributed by atoms with Crippen molar-refractivity contribution in [1.82, 2.24) is 15.1 Å². The van der Waals surface area contributed by atoms with E-state index in [4.69, 9.17) is 5.26 Å². The quantitative estimate of drug-likeness (QED) is 0.840. The number of hydrogen-bond donors (Lipinski definition) is 1. The molecule has 3 amide bonds. The Labute approximate surface area is 161 Å². The molecule has 0 aromatic carbocycles. The van der Waals surface area contributed by atoms with E-state index in [0.717, 1.165) is 12.8 Å². The van der Waals surface area contributed by atoms with Gasteiger partial charge in [0.05, 0.1) is 6.07 Å². The van der Waals surface area contributed by atoms with Gasteiger partial charge in [0.15, 0.2) is 0 Å². The summed E-state index contributed by atoms with van der Waals surface area (Å²) in [6.45, 7) is 1.84. The zero-order valence-electron chi connectivity index (χ0n) is 15.0. The van der Waals surface area contributed by atoms with Gasteiger partial charge in [0.2, 0.25) is 17.7 Å². The fourth-order valence-corrected chi connectivity index (χ4v) is 5.13. The van der Waals surface area contributed by atoms with E-state index in [0.29, 0.717) is 32.5 Å². The molecule has 27 heavy (non-hydrogen) atoms. The molecule has 1 aromatic rings. The number of hydrogen-bond acceptors (Lipinski definition) is 5. The first-order valence-corrected chi connectivity index (χ1v) is 10.3. The average molecular weight is 386 g/mol. The Morgan fingerprint density at radius 1 is 1.37 bits per heavy atom. The van der Waals surface area contributed by atoms with Crippen LogP contribution in [-0.4, -0.2) is 52.7 Å². The molecule has 1 N–H and O–H groups in total. The lowest BCUT2D eigenvalue weighted by atomic mass is 9.99. The van der Waals surface area contributed by atoms with E-state index >= 15 is 0 Å². The van der Waals surface area contributed by atoms with E-state index in [9.17, 15) is 14.4 Å². The highest BCUT2D eigenvalue weighted by atomic mass is 32.1. The van der Waals surface area contributed by atoms with Crippen LogP contribution in [0.3, 0.4) is 0 Å². The molecule has 0 aliphatic carbocycles. The molecular weight excluding hydrogens is 364 g/mol. The van der Waals surface area contributed by atoms with Crippen LogP contribution in [0.4, 0.5) is 0 Å². The van der Waals surface area contributed by atoms with Gasteiger partial charge in [-0.3, -0.25) is 14.4 Å².